The van der Waals surface area contributed by atoms with E-state index in [1.165, 1.54) is 154 Å². The van der Waals surface area contributed by atoms with Gasteiger partial charge in [0, 0.05) is 24.8 Å². The summed E-state index contributed by atoms with van der Waals surface area (Å²) in [6.07, 6.45) is 39.1. The normalized spacial score (nSPS) is 14.7. The van der Waals surface area contributed by atoms with Gasteiger partial charge >= 0.3 is 0 Å². The zero-order valence-corrected chi connectivity index (χ0v) is 29.4. The summed E-state index contributed by atoms with van der Waals surface area (Å²) in [5.74, 6) is 1.12. The summed E-state index contributed by atoms with van der Waals surface area (Å²) >= 11 is 0. The average Bonchev–Trinajstić information content (AvgIpc) is 3.51. The van der Waals surface area contributed by atoms with Gasteiger partial charge in [-0.1, -0.05) is 188 Å². The number of carbonyl (C=O) groups excluding carboxylic acids is 2. The number of rotatable bonds is 32. The first kappa shape index (κ1) is 39.8. The summed E-state index contributed by atoms with van der Waals surface area (Å²) in [6.45, 7) is 8.11. The molecule has 0 saturated carbocycles. The van der Waals surface area contributed by atoms with E-state index < -0.39 is 0 Å². The van der Waals surface area contributed by atoms with Crippen molar-refractivity contribution in [3.05, 3.63) is 0 Å². The van der Waals surface area contributed by atoms with E-state index in [2.05, 4.69) is 20.8 Å². The number of nitrogens with zero attached hydrogens (tertiary/aromatic N) is 2. The molecule has 1 aliphatic heterocycles. The van der Waals surface area contributed by atoms with Gasteiger partial charge in [-0.25, -0.2) is 0 Å². The molecular weight excluding hydrogens is 528 g/mol. The van der Waals surface area contributed by atoms with Gasteiger partial charge in [0.05, 0.1) is 6.54 Å². The molecule has 43 heavy (non-hydrogen) atoms. The summed E-state index contributed by atoms with van der Waals surface area (Å²) in [6, 6.07) is 0. The van der Waals surface area contributed by atoms with Gasteiger partial charge in [0.2, 0.25) is 5.91 Å². The minimum atomic E-state index is -0.304. The lowest BCUT2D eigenvalue weighted by Gasteiger charge is -2.33. The van der Waals surface area contributed by atoms with Gasteiger partial charge in [0.25, 0.3) is 0 Å². The van der Waals surface area contributed by atoms with Crippen molar-refractivity contribution in [2.45, 2.75) is 213 Å². The molecule has 0 bridgehead atoms. The van der Waals surface area contributed by atoms with Crippen LogP contribution < -0.4 is 0 Å². The number of carbonyl (C=O) groups is 2. The van der Waals surface area contributed by atoms with Crippen molar-refractivity contribution in [3.8, 4) is 0 Å². The Morgan fingerprint density at radius 1 is 0.628 bits per heavy atom. The van der Waals surface area contributed by atoms with Crippen LogP contribution in [0.15, 0.2) is 4.99 Å². The van der Waals surface area contributed by atoms with Gasteiger partial charge in [0.1, 0.15) is 12.1 Å². The smallest absolute Gasteiger partial charge is 0.227 e. The van der Waals surface area contributed by atoms with Crippen molar-refractivity contribution in [1.29, 1.82) is 0 Å². The first-order valence-corrected chi connectivity index (χ1v) is 19.4. The molecule has 4 nitrogen and oxygen atoms in total. The van der Waals surface area contributed by atoms with E-state index in [0.29, 0.717) is 25.9 Å². The maximum Gasteiger partial charge on any atom is 0.227 e. The molecule has 1 rings (SSSR count). The SMILES string of the molecule is CCCCCCCCCCCCCCCCCC(=O)N1CCN=C1C(C)(CC=O)CCCCCCCCCCCCCC. The Labute approximate surface area is 269 Å². The van der Waals surface area contributed by atoms with Crippen molar-refractivity contribution >= 4 is 18.0 Å². The summed E-state index contributed by atoms with van der Waals surface area (Å²) < 4.78 is 0. The molecule has 1 atom stereocenters. The highest BCUT2D eigenvalue weighted by atomic mass is 16.2. The summed E-state index contributed by atoms with van der Waals surface area (Å²) in [5.41, 5.74) is -0.304. The number of aldehydes is 1. The third-order valence-electron chi connectivity index (χ3n) is 9.79. The minimum Gasteiger partial charge on any atom is -0.303 e. The number of amidine groups is 1. The monoisotopic (exact) mass is 603 g/mol. The Hall–Kier alpha value is -1.19. The molecule has 0 spiro atoms. The van der Waals surface area contributed by atoms with Crippen molar-refractivity contribution in [1.82, 2.24) is 4.90 Å². The number of hydrogen-bond donors (Lipinski definition) is 0. The Kier molecular flexibility index (Phi) is 26.2. The van der Waals surface area contributed by atoms with Crippen molar-refractivity contribution in [2.75, 3.05) is 13.1 Å². The fourth-order valence-electron chi connectivity index (χ4n) is 6.83. The molecule has 252 valence electrons. The Bertz CT molecular complexity index is 691. The third-order valence-corrected chi connectivity index (χ3v) is 9.79. The minimum absolute atomic E-state index is 0.220. The molecule has 1 unspecified atom stereocenters. The Morgan fingerprint density at radius 2 is 1.00 bits per heavy atom. The zero-order valence-electron chi connectivity index (χ0n) is 29.4. The van der Waals surface area contributed by atoms with Crippen LogP contribution in [0.25, 0.3) is 0 Å². The highest BCUT2D eigenvalue weighted by Gasteiger charge is 2.38. The van der Waals surface area contributed by atoms with Gasteiger partial charge in [-0.3, -0.25) is 14.7 Å². The predicted molar refractivity (Wildman–Crippen MR) is 188 cm³/mol. The van der Waals surface area contributed by atoms with E-state index in [0.717, 1.165) is 37.8 Å². The third kappa shape index (κ3) is 20.5. The van der Waals surface area contributed by atoms with Gasteiger partial charge < -0.3 is 4.79 Å². The van der Waals surface area contributed by atoms with Crippen LogP contribution in [0.5, 0.6) is 0 Å². The number of amides is 1. The molecule has 4 heteroatoms. The van der Waals surface area contributed by atoms with Crippen molar-refractivity contribution in [3.63, 3.8) is 0 Å². The van der Waals surface area contributed by atoms with Crippen molar-refractivity contribution < 1.29 is 9.59 Å². The lowest BCUT2D eigenvalue weighted by Crippen LogP contribution is -2.43. The molecule has 0 saturated heterocycles. The topological polar surface area (TPSA) is 49.7 Å². The van der Waals surface area contributed by atoms with E-state index in [4.69, 9.17) is 4.99 Å². The second-order valence-corrected chi connectivity index (χ2v) is 14.0. The zero-order chi connectivity index (χ0) is 31.3. The van der Waals surface area contributed by atoms with Gasteiger partial charge in [-0.15, -0.1) is 0 Å². The highest BCUT2D eigenvalue weighted by Crippen LogP contribution is 2.34. The van der Waals surface area contributed by atoms with Crippen LogP contribution in [0.4, 0.5) is 0 Å². The second kappa shape index (κ2) is 28.3. The lowest BCUT2D eigenvalue weighted by molar-refractivity contribution is -0.127. The molecule has 0 radical (unpaired) electrons. The highest BCUT2D eigenvalue weighted by molar-refractivity contribution is 6.02. The predicted octanol–water partition coefficient (Wildman–Crippen LogP) is 12.2. The first-order chi connectivity index (χ1) is 21.1. The van der Waals surface area contributed by atoms with Crippen LogP contribution in [0, 0.1) is 5.41 Å². The first-order valence-electron chi connectivity index (χ1n) is 19.4. The Morgan fingerprint density at radius 3 is 1.40 bits per heavy atom. The largest absolute Gasteiger partial charge is 0.303 e. The maximum absolute atomic E-state index is 13.2. The molecule has 1 aliphatic rings. The maximum atomic E-state index is 13.2. The van der Waals surface area contributed by atoms with Crippen LogP contribution in [0.1, 0.15) is 213 Å². The fraction of sp³-hybridized carbons (Fsp3) is 0.923. The molecule has 0 fully saturated rings. The molecule has 0 aromatic carbocycles. The molecule has 0 N–H and O–H groups in total. The van der Waals surface area contributed by atoms with Crippen LogP contribution in [0.2, 0.25) is 0 Å². The van der Waals surface area contributed by atoms with E-state index in [9.17, 15) is 9.59 Å². The average molecular weight is 603 g/mol. The number of unbranched alkanes of at least 4 members (excludes halogenated alkanes) is 25. The fourth-order valence-corrected chi connectivity index (χ4v) is 6.83. The number of hydrogen-bond acceptors (Lipinski definition) is 3. The van der Waals surface area contributed by atoms with Gasteiger partial charge in [-0.2, -0.15) is 0 Å². The molecule has 0 aromatic heterocycles. The summed E-state index contributed by atoms with van der Waals surface area (Å²) in [5, 5.41) is 0. The van der Waals surface area contributed by atoms with Crippen LogP contribution in [-0.4, -0.2) is 36.0 Å². The molecule has 1 heterocycles. The molecule has 1 amide bonds. The van der Waals surface area contributed by atoms with Crippen LogP contribution >= 0.6 is 0 Å². The molecule has 0 aromatic rings. The van der Waals surface area contributed by atoms with Gasteiger partial charge in [-0.05, 0) is 12.8 Å². The van der Waals surface area contributed by atoms with E-state index >= 15 is 0 Å². The quantitative estimate of drug-likeness (QED) is 0.0568. The van der Waals surface area contributed by atoms with E-state index in [1.807, 2.05) is 4.90 Å². The van der Waals surface area contributed by atoms with E-state index in [-0.39, 0.29) is 11.3 Å². The summed E-state index contributed by atoms with van der Waals surface area (Å²) in [4.78, 5) is 31.5. The van der Waals surface area contributed by atoms with E-state index in [1.54, 1.807) is 0 Å². The molecular formula is C39H74N2O2. The van der Waals surface area contributed by atoms with Crippen LogP contribution in [0.3, 0.4) is 0 Å². The standard InChI is InChI=1S/C39H74N2O2/c1-4-6-8-10-12-14-16-18-19-20-21-23-25-27-29-31-37(43)41-35-34-40-38(41)39(3,33-36-42)32-30-28-26-24-22-17-15-13-11-9-7-5-2/h36H,4-35H2,1-3H3. The van der Waals surface area contributed by atoms with Crippen molar-refractivity contribution in [2.24, 2.45) is 10.4 Å². The van der Waals surface area contributed by atoms with Gasteiger partial charge in [0.15, 0.2) is 0 Å². The second-order valence-electron chi connectivity index (χ2n) is 14.0. The Balaban J connectivity index is 2.15. The van der Waals surface area contributed by atoms with Crippen LogP contribution in [-0.2, 0) is 9.59 Å². The summed E-state index contributed by atoms with van der Waals surface area (Å²) in [7, 11) is 0. The molecule has 0 aliphatic carbocycles. The lowest BCUT2D eigenvalue weighted by atomic mass is 9.80. The number of aliphatic imine (C=N–C) groups is 1.